The van der Waals surface area contributed by atoms with Gasteiger partial charge in [0.15, 0.2) is 11.7 Å². The number of aromatic nitrogens is 1. The van der Waals surface area contributed by atoms with Crippen LogP contribution < -0.4 is 14.8 Å². The Morgan fingerprint density at radius 1 is 1.16 bits per heavy atom. The summed E-state index contributed by atoms with van der Waals surface area (Å²) in [6.45, 7) is 0. The fourth-order valence-electron chi connectivity index (χ4n) is 2.82. The molecule has 0 aliphatic carbocycles. The van der Waals surface area contributed by atoms with Gasteiger partial charge in [0.1, 0.15) is 11.5 Å². The van der Waals surface area contributed by atoms with Gasteiger partial charge in [0, 0.05) is 24.6 Å². The number of halogens is 4. The minimum Gasteiger partial charge on any atom is -0.497 e. The highest BCUT2D eigenvalue weighted by Gasteiger charge is 2.33. The molecule has 6 nitrogen and oxygen atoms in total. The number of carbonyl (C=O) groups is 1. The van der Waals surface area contributed by atoms with Gasteiger partial charge in [-0.2, -0.15) is 13.2 Å². The molecule has 0 fully saturated rings. The first-order chi connectivity index (χ1) is 14.7. The van der Waals surface area contributed by atoms with Gasteiger partial charge in [0.2, 0.25) is 5.91 Å². The largest absolute Gasteiger partial charge is 0.497 e. The van der Waals surface area contributed by atoms with Crippen molar-refractivity contribution in [3.8, 4) is 22.8 Å². The Morgan fingerprint density at radius 2 is 1.94 bits per heavy atom. The van der Waals surface area contributed by atoms with Crippen LogP contribution in [0.3, 0.4) is 0 Å². The van der Waals surface area contributed by atoms with Crippen molar-refractivity contribution in [3.63, 3.8) is 0 Å². The Bertz CT molecular complexity index is 1080. The number of rotatable bonds is 7. The van der Waals surface area contributed by atoms with Crippen LogP contribution in [0.1, 0.15) is 17.9 Å². The molecule has 0 aliphatic heterocycles. The first-order valence-corrected chi connectivity index (χ1v) is 9.42. The highest BCUT2D eigenvalue weighted by atomic mass is 35.5. The standard InChI is InChI=1S/C21H18ClF3N2O4/c1-29-13-4-5-14(17(10-13)30-2)18-11-26-20(31-18)8-7-19(28)27-12-3-6-16(22)15(9-12)21(23,24)25/h3-6,9-11H,7-8H2,1-2H3,(H,27,28). The Kier molecular flexibility index (Phi) is 6.74. The summed E-state index contributed by atoms with van der Waals surface area (Å²) in [5.41, 5.74) is -0.358. The van der Waals surface area contributed by atoms with Crippen LogP contribution in [-0.4, -0.2) is 25.1 Å². The second-order valence-corrected chi connectivity index (χ2v) is 6.83. The van der Waals surface area contributed by atoms with Crippen LogP contribution in [-0.2, 0) is 17.4 Å². The van der Waals surface area contributed by atoms with Gasteiger partial charge in [-0.25, -0.2) is 4.98 Å². The van der Waals surface area contributed by atoms with Crippen LogP contribution in [0, 0.1) is 0 Å². The maximum Gasteiger partial charge on any atom is 0.417 e. The van der Waals surface area contributed by atoms with E-state index in [1.165, 1.54) is 19.4 Å². The topological polar surface area (TPSA) is 73.6 Å². The summed E-state index contributed by atoms with van der Waals surface area (Å²) in [6, 6.07) is 8.38. The summed E-state index contributed by atoms with van der Waals surface area (Å²) in [4.78, 5) is 16.3. The van der Waals surface area contributed by atoms with Crippen LogP contribution in [0.4, 0.5) is 18.9 Å². The molecule has 0 aliphatic rings. The predicted molar refractivity (Wildman–Crippen MR) is 108 cm³/mol. The normalized spacial score (nSPS) is 11.3. The van der Waals surface area contributed by atoms with Gasteiger partial charge in [-0.15, -0.1) is 0 Å². The number of alkyl halides is 3. The lowest BCUT2D eigenvalue weighted by Gasteiger charge is -2.11. The molecule has 1 aromatic heterocycles. The van der Waals surface area contributed by atoms with E-state index in [2.05, 4.69) is 10.3 Å². The molecule has 0 unspecified atom stereocenters. The van der Waals surface area contributed by atoms with E-state index in [9.17, 15) is 18.0 Å². The zero-order valence-corrected chi connectivity index (χ0v) is 17.3. The summed E-state index contributed by atoms with van der Waals surface area (Å²) in [6.07, 6.45) is -2.99. The molecule has 0 atom stereocenters. The molecule has 1 amide bonds. The number of hydrogen-bond acceptors (Lipinski definition) is 5. The second kappa shape index (κ2) is 9.30. The maximum absolute atomic E-state index is 12.9. The molecule has 31 heavy (non-hydrogen) atoms. The number of oxazole rings is 1. The minimum atomic E-state index is -4.62. The smallest absolute Gasteiger partial charge is 0.417 e. The zero-order valence-electron chi connectivity index (χ0n) is 16.5. The Morgan fingerprint density at radius 3 is 2.61 bits per heavy atom. The molecule has 0 bridgehead atoms. The molecule has 10 heteroatoms. The van der Waals surface area contributed by atoms with Crippen LogP contribution >= 0.6 is 11.6 Å². The summed E-state index contributed by atoms with van der Waals surface area (Å²) < 4.78 is 55.0. The van der Waals surface area contributed by atoms with Gasteiger partial charge in [0.05, 0.1) is 36.6 Å². The Labute approximate surface area is 180 Å². The summed E-state index contributed by atoms with van der Waals surface area (Å²) >= 11 is 5.58. The molecule has 0 saturated heterocycles. The molecule has 1 N–H and O–H groups in total. The van der Waals surface area contributed by atoms with Crippen LogP contribution in [0.5, 0.6) is 11.5 Å². The molecule has 3 rings (SSSR count). The fraction of sp³-hybridized carbons (Fsp3) is 0.238. The number of aryl methyl sites for hydroxylation is 1. The van der Waals surface area contributed by atoms with E-state index in [1.807, 2.05) is 0 Å². The number of benzene rings is 2. The van der Waals surface area contributed by atoms with Gasteiger partial charge in [-0.1, -0.05) is 11.6 Å². The van der Waals surface area contributed by atoms with Crippen molar-refractivity contribution in [2.75, 3.05) is 19.5 Å². The van der Waals surface area contributed by atoms with Gasteiger partial charge < -0.3 is 19.2 Å². The second-order valence-electron chi connectivity index (χ2n) is 6.43. The van der Waals surface area contributed by atoms with E-state index in [4.69, 9.17) is 25.5 Å². The number of nitrogens with one attached hydrogen (secondary N) is 1. The van der Waals surface area contributed by atoms with Crippen molar-refractivity contribution in [3.05, 3.63) is 59.1 Å². The van der Waals surface area contributed by atoms with Gasteiger partial charge in [0.25, 0.3) is 0 Å². The van der Waals surface area contributed by atoms with E-state index in [0.29, 0.717) is 28.7 Å². The number of hydrogen-bond donors (Lipinski definition) is 1. The highest BCUT2D eigenvalue weighted by molar-refractivity contribution is 6.31. The fourth-order valence-corrected chi connectivity index (χ4v) is 3.04. The van der Waals surface area contributed by atoms with Crippen molar-refractivity contribution in [2.24, 2.45) is 0 Å². The molecular weight excluding hydrogens is 437 g/mol. The van der Waals surface area contributed by atoms with E-state index in [0.717, 1.165) is 12.1 Å². The van der Waals surface area contributed by atoms with E-state index < -0.39 is 22.7 Å². The third-order valence-electron chi connectivity index (χ3n) is 4.35. The van der Waals surface area contributed by atoms with Crippen molar-refractivity contribution in [1.82, 2.24) is 4.98 Å². The van der Waals surface area contributed by atoms with Crippen LogP contribution in [0.25, 0.3) is 11.3 Å². The van der Waals surface area contributed by atoms with Gasteiger partial charge in [-0.05, 0) is 30.3 Å². The highest BCUT2D eigenvalue weighted by Crippen LogP contribution is 2.36. The molecule has 0 spiro atoms. The maximum atomic E-state index is 12.9. The lowest BCUT2D eigenvalue weighted by molar-refractivity contribution is -0.137. The SMILES string of the molecule is COc1ccc(-c2cnc(CCC(=O)Nc3ccc(Cl)c(C(F)(F)F)c3)o2)c(OC)c1. The first-order valence-electron chi connectivity index (χ1n) is 9.05. The summed E-state index contributed by atoms with van der Waals surface area (Å²) in [5.74, 6) is 1.41. The third kappa shape index (κ3) is 5.49. The quantitative estimate of drug-likeness (QED) is 0.503. The van der Waals surface area contributed by atoms with Crippen molar-refractivity contribution >= 4 is 23.2 Å². The minimum absolute atomic E-state index is 0.00205. The first kappa shape index (κ1) is 22.5. The Hall–Kier alpha value is -3.20. The van der Waals surface area contributed by atoms with Gasteiger partial charge in [-0.3, -0.25) is 4.79 Å². The average molecular weight is 455 g/mol. The van der Waals surface area contributed by atoms with Crippen molar-refractivity contribution in [2.45, 2.75) is 19.0 Å². The van der Waals surface area contributed by atoms with E-state index in [1.54, 1.807) is 25.3 Å². The van der Waals surface area contributed by atoms with Crippen LogP contribution in [0.15, 0.2) is 47.0 Å². The molecule has 2 aromatic carbocycles. The summed E-state index contributed by atoms with van der Waals surface area (Å²) in [5, 5.41) is 1.98. The average Bonchev–Trinajstić information content (AvgIpc) is 3.21. The molecule has 1 heterocycles. The molecular formula is C21H18ClF3N2O4. The van der Waals surface area contributed by atoms with E-state index in [-0.39, 0.29) is 18.5 Å². The van der Waals surface area contributed by atoms with E-state index >= 15 is 0 Å². The monoisotopic (exact) mass is 454 g/mol. The van der Waals surface area contributed by atoms with Crippen molar-refractivity contribution in [1.29, 1.82) is 0 Å². The third-order valence-corrected chi connectivity index (χ3v) is 4.68. The lowest BCUT2D eigenvalue weighted by Crippen LogP contribution is -2.14. The number of methoxy groups -OCH3 is 2. The molecule has 3 aromatic rings. The molecule has 0 saturated carbocycles. The number of ether oxygens (including phenoxy) is 2. The van der Waals surface area contributed by atoms with Gasteiger partial charge >= 0.3 is 6.18 Å². The Balaban J connectivity index is 1.64. The molecule has 164 valence electrons. The number of carbonyl (C=O) groups excluding carboxylic acids is 1. The zero-order chi connectivity index (χ0) is 22.6. The van der Waals surface area contributed by atoms with Crippen LogP contribution in [0.2, 0.25) is 5.02 Å². The predicted octanol–water partition coefficient (Wildman–Crippen LogP) is 5.60. The summed E-state index contributed by atoms with van der Waals surface area (Å²) in [7, 11) is 3.06. The lowest BCUT2D eigenvalue weighted by atomic mass is 10.1. The number of nitrogens with zero attached hydrogens (tertiary/aromatic N) is 1. The number of anilines is 1. The molecule has 0 radical (unpaired) electrons. The van der Waals surface area contributed by atoms with Crippen molar-refractivity contribution < 1.29 is 31.9 Å². The number of amides is 1.